The average molecular weight is 338 g/mol. The van der Waals surface area contributed by atoms with Crippen LogP contribution in [0.15, 0.2) is 23.6 Å². The second kappa shape index (κ2) is 6.41. The van der Waals surface area contributed by atoms with E-state index in [1.165, 1.54) is 11.4 Å². The zero-order chi connectivity index (χ0) is 16.4. The van der Waals surface area contributed by atoms with Crippen LogP contribution in [0.1, 0.15) is 23.3 Å². The molecule has 1 fully saturated rings. The molecule has 0 spiro atoms. The summed E-state index contributed by atoms with van der Waals surface area (Å²) in [7, 11) is 0. The Hall–Kier alpha value is -2.35. The number of aromatic nitrogens is 1. The first kappa shape index (κ1) is 15.5. The fourth-order valence-corrected chi connectivity index (χ4v) is 2.97. The van der Waals surface area contributed by atoms with E-state index in [2.05, 4.69) is 10.3 Å². The number of hydrogen-bond acceptors (Lipinski definition) is 5. The normalized spacial score (nSPS) is 17.1. The average Bonchev–Trinajstić information content (AvgIpc) is 3.17. The van der Waals surface area contributed by atoms with Crippen LogP contribution in [-0.2, 0) is 9.53 Å². The molecule has 0 radical (unpaired) electrons. The highest BCUT2D eigenvalue weighted by Crippen LogP contribution is 2.25. The molecule has 23 heavy (non-hydrogen) atoms. The molecule has 3 rings (SSSR count). The number of benzene rings is 1. The van der Waals surface area contributed by atoms with Gasteiger partial charge in [0.2, 0.25) is 5.91 Å². The third-order valence-electron chi connectivity index (χ3n) is 3.38. The lowest BCUT2D eigenvalue weighted by atomic mass is 10.2. The van der Waals surface area contributed by atoms with Gasteiger partial charge < -0.3 is 10.1 Å². The topological polar surface area (TPSA) is 68.3 Å². The second-order valence-electron chi connectivity index (χ2n) is 5.07. The van der Waals surface area contributed by atoms with Crippen molar-refractivity contribution in [1.29, 1.82) is 0 Å². The number of carbonyl (C=O) groups is 2. The smallest absolute Gasteiger partial charge is 0.357 e. The van der Waals surface area contributed by atoms with E-state index in [-0.39, 0.29) is 24.2 Å². The summed E-state index contributed by atoms with van der Waals surface area (Å²) in [6.07, 6.45) is 1.06. The summed E-state index contributed by atoms with van der Waals surface area (Å²) in [6.45, 7) is 0.0859. The van der Waals surface area contributed by atoms with Gasteiger partial charge in [0.05, 0.1) is 6.04 Å². The number of amides is 1. The highest BCUT2D eigenvalue weighted by atomic mass is 32.1. The summed E-state index contributed by atoms with van der Waals surface area (Å²) in [5.41, 5.74) is 0.482. The first-order valence-corrected chi connectivity index (χ1v) is 7.78. The van der Waals surface area contributed by atoms with E-state index in [0.29, 0.717) is 23.4 Å². The summed E-state index contributed by atoms with van der Waals surface area (Å²) >= 11 is 1.13. The van der Waals surface area contributed by atoms with Crippen LogP contribution in [-0.4, -0.2) is 29.5 Å². The summed E-state index contributed by atoms with van der Waals surface area (Å²) in [6, 6.07) is 3.25. The summed E-state index contributed by atoms with van der Waals surface area (Å²) in [4.78, 5) is 27.1. The number of nitrogens with one attached hydrogen (secondary N) is 1. The summed E-state index contributed by atoms with van der Waals surface area (Å²) < 4.78 is 31.3. The van der Waals surface area contributed by atoms with Crippen molar-refractivity contribution in [2.24, 2.45) is 0 Å². The van der Waals surface area contributed by atoms with Gasteiger partial charge in [-0.15, -0.1) is 11.3 Å². The largest absolute Gasteiger partial charge is 0.459 e. The Morgan fingerprint density at radius 1 is 1.39 bits per heavy atom. The minimum Gasteiger partial charge on any atom is -0.459 e. The van der Waals surface area contributed by atoms with E-state index in [0.717, 1.165) is 23.5 Å². The molecule has 0 aliphatic carbocycles. The highest BCUT2D eigenvalue weighted by Gasteiger charge is 2.23. The zero-order valence-electron chi connectivity index (χ0n) is 11.8. The molecule has 1 aliphatic heterocycles. The highest BCUT2D eigenvalue weighted by molar-refractivity contribution is 7.13. The van der Waals surface area contributed by atoms with E-state index in [1.807, 2.05) is 0 Å². The maximum absolute atomic E-state index is 13.2. The Balaban J connectivity index is 1.65. The Morgan fingerprint density at radius 2 is 2.22 bits per heavy atom. The lowest BCUT2D eigenvalue weighted by molar-refractivity contribution is -0.119. The molecule has 1 amide bonds. The van der Waals surface area contributed by atoms with Gasteiger partial charge >= 0.3 is 5.97 Å². The van der Waals surface area contributed by atoms with Crippen molar-refractivity contribution in [2.45, 2.75) is 18.9 Å². The zero-order valence-corrected chi connectivity index (χ0v) is 12.7. The minimum atomic E-state index is -0.973. The number of nitrogens with zero attached hydrogens (tertiary/aromatic N) is 1. The molecular weight excluding hydrogens is 326 g/mol. The predicted octanol–water partition coefficient (Wildman–Crippen LogP) is 2.52. The quantitative estimate of drug-likeness (QED) is 0.870. The summed E-state index contributed by atoms with van der Waals surface area (Å²) in [5, 5.41) is 4.58. The van der Waals surface area contributed by atoms with Crippen molar-refractivity contribution in [3.63, 3.8) is 0 Å². The molecule has 8 heteroatoms. The number of thiazole rings is 1. The molecule has 1 aromatic heterocycles. The second-order valence-corrected chi connectivity index (χ2v) is 5.93. The molecule has 1 aliphatic rings. The summed E-state index contributed by atoms with van der Waals surface area (Å²) in [5.74, 6) is -2.58. The number of halogens is 2. The van der Waals surface area contributed by atoms with Gasteiger partial charge in [0.1, 0.15) is 11.6 Å². The van der Waals surface area contributed by atoms with Gasteiger partial charge in [-0.25, -0.2) is 18.6 Å². The standard InChI is InChI=1S/C15H12F2N2O3S/c16-10-3-1-8(5-11(10)17)14-19-12(7-23-14)15(21)22-6-9-2-4-13(20)18-9/h1,3,5,7,9H,2,4,6H2,(H,18,20)/t9-/m0/s1. The van der Waals surface area contributed by atoms with E-state index in [4.69, 9.17) is 4.74 Å². The van der Waals surface area contributed by atoms with Crippen LogP contribution in [0.5, 0.6) is 0 Å². The van der Waals surface area contributed by atoms with Crippen molar-refractivity contribution in [1.82, 2.24) is 10.3 Å². The van der Waals surface area contributed by atoms with Crippen LogP contribution in [0, 0.1) is 11.6 Å². The van der Waals surface area contributed by atoms with Crippen LogP contribution in [0.2, 0.25) is 0 Å². The Labute approximate surface area is 134 Å². The Bertz CT molecular complexity index is 763. The van der Waals surface area contributed by atoms with Crippen LogP contribution in [0.4, 0.5) is 8.78 Å². The number of ether oxygens (including phenoxy) is 1. The monoisotopic (exact) mass is 338 g/mol. The number of rotatable bonds is 4. The maximum atomic E-state index is 13.2. The van der Waals surface area contributed by atoms with E-state index in [1.54, 1.807) is 0 Å². The molecular formula is C15H12F2N2O3S. The molecule has 0 saturated carbocycles. The van der Waals surface area contributed by atoms with Crippen LogP contribution in [0.25, 0.3) is 10.6 Å². The molecule has 5 nitrogen and oxygen atoms in total. The number of esters is 1. The third-order valence-corrected chi connectivity index (χ3v) is 4.27. The van der Waals surface area contributed by atoms with E-state index < -0.39 is 17.6 Å². The van der Waals surface area contributed by atoms with Gasteiger partial charge in [0.15, 0.2) is 17.3 Å². The van der Waals surface area contributed by atoms with Crippen molar-refractivity contribution >= 4 is 23.2 Å². The maximum Gasteiger partial charge on any atom is 0.357 e. The molecule has 0 bridgehead atoms. The SMILES string of the molecule is O=C1CC[C@@H](COC(=O)c2csc(-c3ccc(F)c(F)c3)n2)N1. The molecule has 2 heterocycles. The van der Waals surface area contributed by atoms with Gasteiger partial charge in [-0.3, -0.25) is 4.79 Å². The molecule has 1 aromatic carbocycles. The van der Waals surface area contributed by atoms with Crippen LogP contribution in [0.3, 0.4) is 0 Å². The number of hydrogen-bond donors (Lipinski definition) is 1. The van der Waals surface area contributed by atoms with Crippen molar-refractivity contribution in [2.75, 3.05) is 6.61 Å². The van der Waals surface area contributed by atoms with Gasteiger partial charge in [-0.1, -0.05) is 0 Å². The molecule has 0 unspecified atom stereocenters. The molecule has 1 saturated heterocycles. The first-order chi connectivity index (χ1) is 11.0. The van der Waals surface area contributed by atoms with Gasteiger partial charge in [-0.2, -0.15) is 0 Å². The molecule has 2 aromatic rings. The molecule has 1 atom stereocenters. The Morgan fingerprint density at radius 3 is 2.91 bits per heavy atom. The lowest BCUT2D eigenvalue weighted by Gasteiger charge is -2.09. The predicted molar refractivity (Wildman–Crippen MR) is 78.9 cm³/mol. The van der Waals surface area contributed by atoms with Crippen molar-refractivity contribution in [3.05, 3.63) is 40.9 Å². The van der Waals surface area contributed by atoms with Crippen molar-refractivity contribution < 1.29 is 23.1 Å². The molecule has 1 N–H and O–H groups in total. The van der Waals surface area contributed by atoms with E-state index in [9.17, 15) is 18.4 Å². The van der Waals surface area contributed by atoms with Gasteiger partial charge in [0.25, 0.3) is 0 Å². The lowest BCUT2D eigenvalue weighted by Crippen LogP contribution is -2.30. The van der Waals surface area contributed by atoms with Gasteiger partial charge in [0, 0.05) is 17.4 Å². The van der Waals surface area contributed by atoms with Gasteiger partial charge in [-0.05, 0) is 24.6 Å². The fourth-order valence-electron chi connectivity index (χ4n) is 2.18. The van der Waals surface area contributed by atoms with E-state index >= 15 is 0 Å². The van der Waals surface area contributed by atoms with Crippen LogP contribution >= 0.6 is 11.3 Å². The minimum absolute atomic E-state index is 0.0552. The first-order valence-electron chi connectivity index (χ1n) is 6.90. The van der Waals surface area contributed by atoms with Crippen molar-refractivity contribution in [3.8, 4) is 10.6 Å². The van der Waals surface area contributed by atoms with Crippen LogP contribution < -0.4 is 5.32 Å². The molecule has 120 valence electrons. The number of carbonyl (C=O) groups excluding carboxylic acids is 2. The Kier molecular flexibility index (Phi) is 4.33. The third kappa shape index (κ3) is 3.53. The fraction of sp³-hybridized carbons (Fsp3) is 0.267.